The fourth-order valence-electron chi connectivity index (χ4n) is 3.27. The second kappa shape index (κ2) is 4.83. The van der Waals surface area contributed by atoms with Gasteiger partial charge in [-0.3, -0.25) is 0 Å². The van der Waals surface area contributed by atoms with Gasteiger partial charge in [0.25, 0.3) is 0 Å². The van der Waals surface area contributed by atoms with E-state index in [0.29, 0.717) is 18.0 Å². The minimum absolute atomic E-state index is 0.173. The molecule has 2 fully saturated rings. The fraction of sp³-hybridized carbons (Fsp3) is 0.600. The molecule has 2 saturated heterocycles. The van der Waals surface area contributed by atoms with Crippen molar-refractivity contribution in [1.82, 2.24) is 9.62 Å². The summed E-state index contributed by atoms with van der Waals surface area (Å²) < 4.78 is 27.2. The van der Waals surface area contributed by atoms with Crippen molar-refractivity contribution in [2.75, 3.05) is 26.2 Å². The van der Waals surface area contributed by atoms with Crippen LogP contribution in [0.2, 0.25) is 0 Å². The van der Waals surface area contributed by atoms with Crippen LogP contribution in [0.25, 0.3) is 0 Å². The number of nitrogens with zero attached hydrogens (tertiary/aromatic N) is 1. The summed E-state index contributed by atoms with van der Waals surface area (Å²) in [4.78, 5) is 0.434. The smallest absolute Gasteiger partial charge is 0.243 e. The average molecular weight is 294 g/mol. The van der Waals surface area contributed by atoms with E-state index in [4.69, 9.17) is 0 Å². The third kappa shape index (κ3) is 2.28. The predicted octanol–water partition coefficient (Wildman–Crippen LogP) is 1.68. The first-order valence-corrected chi connectivity index (χ1v) is 8.65. The van der Waals surface area contributed by atoms with Gasteiger partial charge in [-0.25, -0.2) is 8.42 Å². The summed E-state index contributed by atoms with van der Waals surface area (Å²) in [6, 6.07) is 5.42. The Balaban J connectivity index is 1.87. The number of sulfonamides is 1. The first-order chi connectivity index (χ1) is 9.43. The molecule has 0 saturated carbocycles. The average Bonchev–Trinajstić information content (AvgIpc) is 3.04. The van der Waals surface area contributed by atoms with Crippen molar-refractivity contribution in [3.05, 3.63) is 29.3 Å². The standard InChI is InChI=1S/C15H22N2O2S/c1-12-3-4-14(9-13(12)2)20(18,19)17-8-6-15(11-17)5-7-16-10-15/h3-4,9,16H,5-8,10-11H2,1-2H3. The highest BCUT2D eigenvalue weighted by atomic mass is 32.2. The van der Waals surface area contributed by atoms with E-state index in [1.807, 2.05) is 19.9 Å². The highest BCUT2D eigenvalue weighted by molar-refractivity contribution is 7.89. The summed E-state index contributed by atoms with van der Waals surface area (Å²) in [5.74, 6) is 0. The Morgan fingerprint density at radius 3 is 2.65 bits per heavy atom. The van der Waals surface area contributed by atoms with E-state index >= 15 is 0 Å². The summed E-state index contributed by atoms with van der Waals surface area (Å²) in [6.07, 6.45) is 2.07. The zero-order valence-corrected chi connectivity index (χ0v) is 13.0. The zero-order chi connectivity index (χ0) is 14.4. The summed E-state index contributed by atoms with van der Waals surface area (Å²) in [5, 5.41) is 3.36. The molecule has 2 aliphatic rings. The Bertz CT molecular complexity index is 619. The van der Waals surface area contributed by atoms with Gasteiger partial charge in [-0.2, -0.15) is 4.31 Å². The largest absolute Gasteiger partial charge is 0.316 e. The molecule has 1 aromatic carbocycles. The molecule has 4 nitrogen and oxygen atoms in total. The molecule has 1 N–H and O–H groups in total. The Morgan fingerprint density at radius 2 is 2.00 bits per heavy atom. The first-order valence-electron chi connectivity index (χ1n) is 7.21. The van der Waals surface area contributed by atoms with Crippen molar-refractivity contribution in [2.45, 2.75) is 31.6 Å². The third-order valence-electron chi connectivity index (χ3n) is 4.85. The van der Waals surface area contributed by atoms with Gasteiger partial charge in [0.05, 0.1) is 4.90 Å². The van der Waals surface area contributed by atoms with Crippen LogP contribution in [-0.2, 0) is 10.0 Å². The van der Waals surface area contributed by atoms with E-state index in [-0.39, 0.29) is 5.41 Å². The lowest BCUT2D eigenvalue weighted by Gasteiger charge is -2.22. The highest BCUT2D eigenvalue weighted by Gasteiger charge is 2.44. The van der Waals surface area contributed by atoms with E-state index in [1.165, 1.54) is 0 Å². The van der Waals surface area contributed by atoms with Gasteiger partial charge in [0.15, 0.2) is 0 Å². The van der Waals surface area contributed by atoms with Gasteiger partial charge in [0.1, 0.15) is 0 Å². The quantitative estimate of drug-likeness (QED) is 0.903. The second-order valence-electron chi connectivity index (χ2n) is 6.26. The van der Waals surface area contributed by atoms with Crippen LogP contribution >= 0.6 is 0 Å². The molecule has 5 heteroatoms. The van der Waals surface area contributed by atoms with Crippen LogP contribution in [0.15, 0.2) is 23.1 Å². The van der Waals surface area contributed by atoms with Crippen LogP contribution in [0.4, 0.5) is 0 Å². The van der Waals surface area contributed by atoms with Gasteiger partial charge < -0.3 is 5.32 Å². The van der Waals surface area contributed by atoms with Crippen LogP contribution < -0.4 is 5.32 Å². The molecular formula is C15H22N2O2S. The molecular weight excluding hydrogens is 272 g/mol. The second-order valence-corrected chi connectivity index (χ2v) is 8.20. The topological polar surface area (TPSA) is 49.4 Å². The van der Waals surface area contributed by atoms with E-state index in [0.717, 1.165) is 37.1 Å². The van der Waals surface area contributed by atoms with Crippen molar-refractivity contribution in [3.63, 3.8) is 0 Å². The molecule has 0 aliphatic carbocycles. The van der Waals surface area contributed by atoms with Gasteiger partial charge in [-0.1, -0.05) is 6.07 Å². The predicted molar refractivity (Wildman–Crippen MR) is 79.2 cm³/mol. The molecule has 2 heterocycles. The number of benzene rings is 1. The fourth-order valence-corrected chi connectivity index (χ4v) is 4.91. The van der Waals surface area contributed by atoms with Crippen LogP contribution in [0.1, 0.15) is 24.0 Å². The molecule has 110 valence electrons. The van der Waals surface area contributed by atoms with E-state index in [9.17, 15) is 8.42 Å². The Kier molecular flexibility index (Phi) is 3.39. The molecule has 0 amide bonds. The van der Waals surface area contributed by atoms with E-state index in [1.54, 1.807) is 16.4 Å². The van der Waals surface area contributed by atoms with Gasteiger partial charge in [0.2, 0.25) is 10.0 Å². The Labute approximate surface area is 121 Å². The monoisotopic (exact) mass is 294 g/mol. The number of aryl methyl sites for hydroxylation is 2. The molecule has 0 radical (unpaired) electrons. The van der Waals surface area contributed by atoms with Crippen molar-refractivity contribution in [3.8, 4) is 0 Å². The normalized spacial score (nSPS) is 27.5. The van der Waals surface area contributed by atoms with E-state index in [2.05, 4.69) is 5.32 Å². The SMILES string of the molecule is Cc1ccc(S(=O)(=O)N2CCC3(CCNC3)C2)cc1C. The summed E-state index contributed by atoms with van der Waals surface area (Å²) in [6.45, 7) is 7.23. The molecule has 2 aliphatic heterocycles. The molecule has 0 aromatic heterocycles. The maximum absolute atomic E-state index is 12.7. The van der Waals surface area contributed by atoms with Crippen molar-refractivity contribution in [1.29, 1.82) is 0 Å². The number of hydrogen-bond donors (Lipinski definition) is 1. The molecule has 1 unspecified atom stereocenters. The summed E-state index contributed by atoms with van der Waals surface area (Å²) >= 11 is 0. The number of hydrogen-bond acceptors (Lipinski definition) is 3. The number of nitrogens with one attached hydrogen (secondary N) is 1. The summed E-state index contributed by atoms with van der Waals surface area (Å²) in [7, 11) is -3.34. The van der Waals surface area contributed by atoms with Crippen LogP contribution in [0.5, 0.6) is 0 Å². The van der Waals surface area contributed by atoms with Crippen molar-refractivity contribution >= 4 is 10.0 Å². The van der Waals surface area contributed by atoms with Crippen molar-refractivity contribution < 1.29 is 8.42 Å². The third-order valence-corrected chi connectivity index (χ3v) is 6.69. The maximum Gasteiger partial charge on any atom is 0.243 e. The zero-order valence-electron chi connectivity index (χ0n) is 12.1. The van der Waals surface area contributed by atoms with Crippen LogP contribution in [0.3, 0.4) is 0 Å². The summed E-state index contributed by atoms with van der Waals surface area (Å²) in [5.41, 5.74) is 2.33. The Hall–Kier alpha value is -0.910. The molecule has 20 heavy (non-hydrogen) atoms. The van der Waals surface area contributed by atoms with Gasteiger partial charge >= 0.3 is 0 Å². The molecule has 3 rings (SSSR count). The molecule has 1 atom stereocenters. The molecule has 1 spiro atoms. The molecule has 0 bridgehead atoms. The highest BCUT2D eigenvalue weighted by Crippen LogP contribution is 2.38. The lowest BCUT2D eigenvalue weighted by Crippen LogP contribution is -2.33. The van der Waals surface area contributed by atoms with Crippen molar-refractivity contribution in [2.24, 2.45) is 5.41 Å². The molecule has 1 aromatic rings. The minimum atomic E-state index is -3.34. The van der Waals surface area contributed by atoms with Gasteiger partial charge in [0, 0.05) is 19.6 Å². The van der Waals surface area contributed by atoms with Gasteiger partial charge in [-0.05, 0) is 61.9 Å². The lowest BCUT2D eigenvalue weighted by atomic mass is 9.87. The lowest BCUT2D eigenvalue weighted by molar-refractivity contribution is 0.338. The minimum Gasteiger partial charge on any atom is -0.316 e. The maximum atomic E-state index is 12.7. The Morgan fingerprint density at radius 1 is 1.20 bits per heavy atom. The van der Waals surface area contributed by atoms with E-state index < -0.39 is 10.0 Å². The van der Waals surface area contributed by atoms with Crippen LogP contribution in [-0.4, -0.2) is 38.9 Å². The van der Waals surface area contributed by atoms with Gasteiger partial charge in [-0.15, -0.1) is 0 Å². The number of rotatable bonds is 2. The first kappa shape index (κ1) is 14.0. The van der Waals surface area contributed by atoms with Crippen LogP contribution in [0, 0.1) is 19.3 Å².